The molecule has 2 aromatic rings. The van der Waals surface area contributed by atoms with E-state index in [9.17, 15) is 0 Å². The van der Waals surface area contributed by atoms with Crippen molar-refractivity contribution in [3.8, 4) is 0 Å². The van der Waals surface area contributed by atoms with Crippen molar-refractivity contribution in [3.05, 3.63) is 29.1 Å². The quantitative estimate of drug-likeness (QED) is 0.741. The molecule has 0 aliphatic heterocycles. The average Bonchev–Trinajstić information content (AvgIpc) is 2.44. The van der Waals surface area contributed by atoms with Gasteiger partial charge in [0.15, 0.2) is 4.80 Å². The van der Waals surface area contributed by atoms with Crippen LogP contribution in [0.25, 0.3) is 10.2 Å². The number of aryl methyl sites for hydroxylation is 1. The van der Waals surface area contributed by atoms with Crippen molar-refractivity contribution in [2.24, 2.45) is 0 Å². The number of nitrogens with one attached hydrogen (secondary N) is 1. The Balaban J connectivity index is 2.71. The Bertz CT molecular complexity index is 472. The molecule has 1 aromatic heterocycles. The molecule has 13 heavy (non-hydrogen) atoms. The molecule has 0 amide bonds. The van der Waals surface area contributed by atoms with Crippen LogP contribution in [0.15, 0.2) is 24.3 Å². The van der Waals surface area contributed by atoms with E-state index in [2.05, 4.69) is 0 Å². The average molecular weight is 213 g/mol. The molecule has 1 aromatic carbocycles. The van der Waals surface area contributed by atoms with E-state index in [1.165, 1.54) is 11.3 Å². The van der Waals surface area contributed by atoms with Crippen LogP contribution in [0.3, 0.4) is 0 Å². The van der Waals surface area contributed by atoms with Gasteiger partial charge in [-0.1, -0.05) is 23.5 Å². The number of hydrogen-bond donors (Lipinski definition) is 1. The van der Waals surface area contributed by atoms with Gasteiger partial charge in [-0.15, -0.1) is 11.6 Å². The zero-order valence-electron chi connectivity index (χ0n) is 6.96. The van der Waals surface area contributed by atoms with Crippen LogP contribution >= 0.6 is 22.9 Å². The largest absolute Gasteiger partial charge is 0.316 e. The number of hydrogen-bond acceptors (Lipinski definition) is 2. The highest BCUT2D eigenvalue weighted by molar-refractivity contribution is 7.16. The van der Waals surface area contributed by atoms with Crippen molar-refractivity contribution in [2.45, 2.75) is 6.54 Å². The Labute approximate surface area is 84.9 Å². The summed E-state index contributed by atoms with van der Waals surface area (Å²) < 4.78 is 3.09. The summed E-state index contributed by atoms with van der Waals surface area (Å²) in [6, 6.07) is 8.03. The van der Waals surface area contributed by atoms with E-state index in [0.29, 0.717) is 17.2 Å². The van der Waals surface area contributed by atoms with Gasteiger partial charge in [-0.25, -0.2) is 0 Å². The minimum atomic E-state index is 0.553. The molecule has 0 aliphatic carbocycles. The molecule has 0 unspecified atom stereocenters. The van der Waals surface area contributed by atoms with Crippen LogP contribution in [-0.4, -0.2) is 10.4 Å². The van der Waals surface area contributed by atoms with Crippen molar-refractivity contribution in [1.82, 2.24) is 4.57 Å². The number of nitrogens with zero attached hydrogens (tertiary/aromatic N) is 1. The van der Waals surface area contributed by atoms with Crippen molar-refractivity contribution in [3.63, 3.8) is 0 Å². The number of para-hydroxylation sites is 1. The van der Waals surface area contributed by atoms with Gasteiger partial charge in [0.25, 0.3) is 0 Å². The van der Waals surface area contributed by atoms with Crippen molar-refractivity contribution >= 4 is 33.2 Å². The Hall–Kier alpha value is -0.800. The lowest BCUT2D eigenvalue weighted by Gasteiger charge is -1.99. The Morgan fingerprint density at radius 3 is 2.92 bits per heavy atom. The molecule has 0 fully saturated rings. The Morgan fingerprint density at radius 1 is 1.38 bits per heavy atom. The first-order chi connectivity index (χ1) is 6.33. The molecular formula is C9H9ClN2S. The summed E-state index contributed by atoms with van der Waals surface area (Å²) in [4.78, 5) is 0.571. The van der Waals surface area contributed by atoms with E-state index in [0.717, 1.165) is 10.2 Å². The summed E-state index contributed by atoms with van der Waals surface area (Å²) in [5, 5.41) is 7.73. The van der Waals surface area contributed by atoms with Crippen LogP contribution in [0, 0.1) is 5.41 Å². The monoisotopic (exact) mass is 212 g/mol. The molecule has 0 atom stereocenters. The second kappa shape index (κ2) is 3.52. The molecule has 68 valence electrons. The second-order valence-corrected chi connectivity index (χ2v) is 4.12. The molecule has 2 rings (SSSR count). The van der Waals surface area contributed by atoms with Gasteiger partial charge in [-0.3, -0.25) is 5.41 Å². The fraction of sp³-hybridized carbons (Fsp3) is 0.222. The summed E-state index contributed by atoms with van der Waals surface area (Å²) in [5.74, 6) is 0.553. The van der Waals surface area contributed by atoms with Crippen LogP contribution in [0.1, 0.15) is 0 Å². The summed E-state index contributed by atoms with van der Waals surface area (Å²) >= 11 is 7.16. The molecular weight excluding hydrogens is 204 g/mol. The SMILES string of the molecule is N=c1sc2ccccc2n1CCCl. The minimum absolute atomic E-state index is 0.553. The molecule has 0 saturated carbocycles. The molecule has 0 bridgehead atoms. The van der Waals surface area contributed by atoms with E-state index >= 15 is 0 Å². The van der Waals surface area contributed by atoms with Gasteiger partial charge < -0.3 is 4.57 Å². The lowest BCUT2D eigenvalue weighted by Crippen LogP contribution is -2.13. The second-order valence-electron chi connectivity index (χ2n) is 2.72. The van der Waals surface area contributed by atoms with Crippen LogP contribution in [-0.2, 0) is 6.54 Å². The number of benzene rings is 1. The maximum absolute atomic E-state index is 7.73. The van der Waals surface area contributed by atoms with Crippen molar-refractivity contribution < 1.29 is 0 Å². The molecule has 0 spiro atoms. The van der Waals surface area contributed by atoms with Crippen molar-refractivity contribution in [2.75, 3.05) is 5.88 Å². The number of aromatic nitrogens is 1. The van der Waals surface area contributed by atoms with Gasteiger partial charge in [-0.2, -0.15) is 0 Å². The predicted octanol–water partition coefficient (Wildman–Crippen LogP) is 2.42. The Kier molecular flexibility index (Phi) is 2.38. The first-order valence-electron chi connectivity index (χ1n) is 4.02. The van der Waals surface area contributed by atoms with Gasteiger partial charge in [0, 0.05) is 12.4 Å². The fourth-order valence-corrected chi connectivity index (χ4v) is 2.45. The Morgan fingerprint density at radius 2 is 2.15 bits per heavy atom. The molecule has 1 heterocycles. The highest BCUT2D eigenvalue weighted by Crippen LogP contribution is 2.15. The zero-order valence-corrected chi connectivity index (χ0v) is 8.53. The van der Waals surface area contributed by atoms with Gasteiger partial charge >= 0.3 is 0 Å². The minimum Gasteiger partial charge on any atom is -0.316 e. The summed E-state index contributed by atoms with van der Waals surface area (Å²) in [5.41, 5.74) is 1.11. The smallest absolute Gasteiger partial charge is 0.182 e. The lowest BCUT2D eigenvalue weighted by molar-refractivity contribution is 0.761. The highest BCUT2D eigenvalue weighted by atomic mass is 35.5. The summed E-state index contributed by atoms with van der Waals surface area (Å²) in [7, 11) is 0. The number of thiazole rings is 1. The standard InChI is InChI=1S/C9H9ClN2S/c10-5-6-12-7-3-1-2-4-8(7)13-9(12)11/h1-4,11H,5-6H2. The molecule has 1 N–H and O–H groups in total. The van der Waals surface area contributed by atoms with Crippen LogP contribution in [0.5, 0.6) is 0 Å². The maximum Gasteiger partial charge on any atom is 0.182 e. The van der Waals surface area contributed by atoms with Gasteiger partial charge in [0.1, 0.15) is 0 Å². The van der Waals surface area contributed by atoms with Crippen molar-refractivity contribution in [1.29, 1.82) is 5.41 Å². The van der Waals surface area contributed by atoms with E-state index < -0.39 is 0 Å². The number of fused-ring (bicyclic) bond motifs is 1. The fourth-order valence-electron chi connectivity index (χ4n) is 1.34. The molecule has 2 nitrogen and oxygen atoms in total. The third-order valence-corrected chi connectivity index (χ3v) is 3.06. The lowest BCUT2D eigenvalue weighted by atomic mass is 10.3. The molecule has 4 heteroatoms. The molecule has 0 radical (unpaired) electrons. The summed E-state index contributed by atoms with van der Waals surface area (Å²) in [6.45, 7) is 0.713. The normalized spacial score (nSPS) is 10.8. The third kappa shape index (κ3) is 1.49. The third-order valence-electron chi connectivity index (χ3n) is 1.92. The van der Waals surface area contributed by atoms with Crippen LogP contribution < -0.4 is 4.80 Å². The first-order valence-corrected chi connectivity index (χ1v) is 5.37. The number of alkyl halides is 1. The van der Waals surface area contributed by atoms with Crippen LogP contribution in [0.2, 0.25) is 0 Å². The van der Waals surface area contributed by atoms with Gasteiger partial charge in [0.05, 0.1) is 10.2 Å². The molecule has 0 saturated heterocycles. The number of rotatable bonds is 2. The predicted molar refractivity (Wildman–Crippen MR) is 56.4 cm³/mol. The topological polar surface area (TPSA) is 28.8 Å². The number of halogens is 1. The van der Waals surface area contributed by atoms with E-state index in [1.54, 1.807) is 0 Å². The summed E-state index contributed by atoms with van der Waals surface area (Å²) in [6.07, 6.45) is 0. The van der Waals surface area contributed by atoms with E-state index in [-0.39, 0.29) is 0 Å². The highest BCUT2D eigenvalue weighted by Gasteiger charge is 2.02. The first kappa shape index (κ1) is 8.78. The van der Waals surface area contributed by atoms with E-state index in [1.807, 2.05) is 28.8 Å². The molecule has 0 aliphatic rings. The van der Waals surface area contributed by atoms with Crippen LogP contribution in [0.4, 0.5) is 0 Å². The maximum atomic E-state index is 7.73. The van der Waals surface area contributed by atoms with Gasteiger partial charge in [-0.05, 0) is 12.1 Å². The van der Waals surface area contributed by atoms with E-state index in [4.69, 9.17) is 17.0 Å². The zero-order chi connectivity index (χ0) is 9.26. The van der Waals surface area contributed by atoms with Gasteiger partial charge in [0.2, 0.25) is 0 Å².